The van der Waals surface area contributed by atoms with Crippen molar-refractivity contribution in [1.82, 2.24) is 0 Å². The van der Waals surface area contributed by atoms with Gasteiger partial charge in [-0.05, 0) is 43.3 Å². The molecule has 0 saturated carbocycles. The molecule has 0 heterocycles. The van der Waals surface area contributed by atoms with E-state index >= 15 is 0 Å². The number of nitrogens with one attached hydrogen (secondary N) is 3. The van der Waals surface area contributed by atoms with Crippen LogP contribution >= 0.6 is 11.6 Å². The molecule has 2 aromatic rings. The van der Waals surface area contributed by atoms with Crippen molar-refractivity contribution < 1.29 is 13.2 Å². The highest BCUT2D eigenvalue weighted by Gasteiger charge is 2.14. The number of hydrogen-bond acceptors (Lipinski definition) is 4. The number of halogens is 1. The Morgan fingerprint density at radius 3 is 2.21 bits per heavy atom. The molecule has 0 aromatic heterocycles. The standard InChI is InChI=1S/C16H18ClN3O3S/c1-11(16(21)19-15-6-4-3-5-14(15)17)18-12-7-9-13(10-8-12)20-24(2,22)23/h3-11,18,20H,1-2H3,(H,19,21). The summed E-state index contributed by atoms with van der Waals surface area (Å²) in [4.78, 5) is 12.2. The van der Waals surface area contributed by atoms with Gasteiger partial charge >= 0.3 is 0 Å². The highest BCUT2D eigenvalue weighted by atomic mass is 35.5. The molecule has 0 radical (unpaired) electrons. The number of para-hydroxylation sites is 1. The first-order valence-electron chi connectivity index (χ1n) is 7.14. The molecule has 0 aliphatic carbocycles. The van der Waals surface area contributed by atoms with Crippen LogP contribution in [0.25, 0.3) is 0 Å². The van der Waals surface area contributed by atoms with E-state index in [0.29, 0.717) is 22.1 Å². The number of benzene rings is 2. The van der Waals surface area contributed by atoms with Crippen molar-refractivity contribution in [2.24, 2.45) is 0 Å². The molecule has 0 aliphatic heterocycles. The lowest BCUT2D eigenvalue weighted by atomic mass is 10.2. The molecule has 2 aromatic carbocycles. The third-order valence-corrected chi connectivity index (χ3v) is 4.03. The summed E-state index contributed by atoms with van der Waals surface area (Å²) in [5.74, 6) is -0.235. The van der Waals surface area contributed by atoms with Crippen molar-refractivity contribution in [3.63, 3.8) is 0 Å². The van der Waals surface area contributed by atoms with Crippen LogP contribution in [-0.4, -0.2) is 26.6 Å². The van der Waals surface area contributed by atoms with Gasteiger partial charge in [0.1, 0.15) is 6.04 Å². The molecule has 3 N–H and O–H groups in total. The summed E-state index contributed by atoms with van der Waals surface area (Å²) in [7, 11) is -3.31. The van der Waals surface area contributed by atoms with Crippen molar-refractivity contribution in [3.05, 3.63) is 53.6 Å². The van der Waals surface area contributed by atoms with Gasteiger partial charge < -0.3 is 10.6 Å². The first-order chi connectivity index (χ1) is 11.2. The normalized spacial score (nSPS) is 12.3. The third-order valence-electron chi connectivity index (χ3n) is 3.10. The molecule has 6 nitrogen and oxygen atoms in total. The van der Waals surface area contributed by atoms with Crippen LogP contribution in [-0.2, 0) is 14.8 Å². The summed E-state index contributed by atoms with van der Waals surface area (Å²) in [5, 5.41) is 6.25. The lowest BCUT2D eigenvalue weighted by Crippen LogP contribution is -2.31. The average molecular weight is 368 g/mol. The molecular weight excluding hydrogens is 350 g/mol. The largest absolute Gasteiger partial charge is 0.374 e. The van der Waals surface area contributed by atoms with Gasteiger partial charge in [0.25, 0.3) is 0 Å². The smallest absolute Gasteiger partial charge is 0.246 e. The Morgan fingerprint density at radius 2 is 1.62 bits per heavy atom. The Kier molecular flexibility index (Phi) is 5.69. The summed E-state index contributed by atoms with van der Waals surface area (Å²) in [5.41, 5.74) is 1.69. The second-order valence-electron chi connectivity index (χ2n) is 5.29. The molecule has 1 atom stereocenters. The SMILES string of the molecule is CC(Nc1ccc(NS(C)(=O)=O)cc1)C(=O)Nc1ccccc1Cl. The second-order valence-corrected chi connectivity index (χ2v) is 7.44. The van der Waals surface area contributed by atoms with Gasteiger partial charge in [0.15, 0.2) is 0 Å². The summed E-state index contributed by atoms with van der Waals surface area (Å²) >= 11 is 6.01. The van der Waals surface area contributed by atoms with E-state index in [0.717, 1.165) is 6.26 Å². The Balaban J connectivity index is 1.97. The van der Waals surface area contributed by atoms with Crippen molar-refractivity contribution >= 4 is 44.6 Å². The fourth-order valence-electron chi connectivity index (χ4n) is 1.97. The molecule has 0 aliphatic rings. The highest BCUT2D eigenvalue weighted by Crippen LogP contribution is 2.21. The zero-order chi connectivity index (χ0) is 17.7. The molecule has 128 valence electrons. The second kappa shape index (κ2) is 7.55. The Labute approximate surface area is 146 Å². The van der Waals surface area contributed by atoms with Crippen LogP contribution < -0.4 is 15.4 Å². The van der Waals surface area contributed by atoms with Crippen LogP contribution in [0.3, 0.4) is 0 Å². The van der Waals surface area contributed by atoms with Gasteiger partial charge in [0.05, 0.1) is 17.0 Å². The minimum Gasteiger partial charge on any atom is -0.374 e. The maximum absolute atomic E-state index is 12.2. The fraction of sp³-hybridized carbons (Fsp3) is 0.188. The number of amides is 1. The van der Waals surface area contributed by atoms with Gasteiger partial charge in [-0.15, -0.1) is 0 Å². The first-order valence-corrected chi connectivity index (χ1v) is 9.41. The van der Waals surface area contributed by atoms with E-state index in [-0.39, 0.29) is 5.91 Å². The van der Waals surface area contributed by atoms with E-state index in [1.54, 1.807) is 55.5 Å². The van der Waals surface area contributed by atoms with Crippen LogP contribution in [0.1, 0.15) is 6.92 Å². The third kappa shape index (κ3) is 5.43. The summed E-state index contributed by atoms with van der Waals surface area (Å²) < 4.78 is 24.7. The molecule has 1 unspecified atom stereocenters. The highest BCUT2D eigenvalue weighted by molar-refractivity contribution is 7.92. The summed E-state index contributed by atoms with van der Waals surface area (Å²) in [6, 6.07) is 13.1. The van der Waals surface area contributed by atoms with Gasteiger partial charge in [-0.25, -0.2) is 8.42 Å². The van der Waals surface area contributed by atoms with E-state index in [1.807, 2.05) is 0 Å². The molecule has 0 saturated heterocycles. The first kappa shape index (κ1) is 18.1. The minimum absolute atomic E-state index is 0.235. The van der Waals surface area contributed by atoms with Gasteiger partial charge in [-0.3, -0.25) is 9.52 Å². The molecule has 24 heavy (non-hydrogen) atoms. The van der Waals surface area contributed by atoms with Crippen LogP contribution in [0.5, 0.6) is 0 Å². The minimum atomic E-state index is -3.31. The predicted octanol–water partition coefficient (Wildman–Crippen LogP) is 3.15. The maximum Gasteiger partial charge on any atom is 0.246 e. The molecule has 1 amide bonds. The van der Waals surface area contributed by atoms with Crippen LogP contribution in [0, 0.1) is 0 Å². The fourth-order valence-corrected chi connectivity index (χ4v) is 2.71. The number of anilines is 3. The number of carbonyl (C=O) groups excluding carboxylic acids is 1. The monoisotopic (exact) mass is 367 g/mol. The van der Waals surface area contributed by atoms with Crippen molar-refractivity contribution in [2.45, 2.75) is 13.0 Å². The zero-order valence-corrected chi connectivity index (χ0v) is 14.8. The quantitative estimate of drug-likeness (QED) is 0.731. The van der Waals surface area contributed by atoms with Gasteiger partial charge in [0, 0.05) is 11.4 Å². The number of hydrogen-bond donors (Lipinski definition) is 3. The van der Waals surface area contributed by atoms with Crippen LogP contribution in [0.4, 0.5) is 17.1 Å². The molecule has 2 rings (SSSR count). The van der Waals surface area contributed by atoms with E-state index in [2.05, 4.69) is 15.4 Å². The maximum atomic E-state index is 12.2. The van der Waals surface area contributed by atoms with Gasteiger partial charge in [-0.2, -0.15) is 0 Å². The molecule has 0 spiro atoms. The molecular formula is C16H18ClN3O3S. The van der Waals surface area contributed by atoms with Crippen LogP contribution in [0.15, 0.2) is 48.5 Å². The average Bonchev–Trinajstić information content (AvgIpc) is 2.50. The van der Waals surface area contributed by atoms with Crippen LogP contribution in [0.2, 0.25) is 5.02 Å². The van der Waals surface area contributed by atoms with E-state index in [4.69, 9.17) is 11.6 Å². The lowest BCUT2D eigenvalue weighted by molar-refractivity contribution is -0.116. The zero-order valence-electron chi connectivity index (χ0n) is 13.2. The molecule has 0 bridgehead atoms. The summed E-state index contributed by atoms with van der Waals surface area (Å²) in [6.07, 6.45) is 1.08. The molecule has 0 fully saturated rings. The topological polar surface area (TPSA) is 87.3 Å². The van der Waals surface area contributed by atoms with Gasteiger partial charge in [0.2, 0.25) is 15.9 Å². The van der Waals surface area contributed by atoms with Crippen molar-refractivity contribution in [2.75, 3.05) is 21.6 Å². The number of rotatable bonds is 6. The Hall–Kier alpha value is -2.25. The van der Waals surface area contributed by atoms with Crippen molar-refractivity contribution in [3.8, 4) is 0 Å². The number of carbonyl (C=O) groups is 1. The van der Waals surface area contributed by atoms with E-state index in [1.165, 1.54) is 0 Å². The van der Waals surface area contributed by atoms with E-state index < -0.39 is 16.1 Å². The summed E-state index contributed by atoms with van der Waals surface area (Å²) in [6.45, 7) is 1.72. The predicted molar refractivity (Wildman–Crippen MR) is 98.1 cm³/mol. The van der Waals surface area contributed by atoms with Gasteiger partial charge in [-0.1, -0.05) is 23.7 Å². The van der Waals surface area contributed by atoms with E-state index in [9.17, 15) is 13.2 Å². The molecule has 8 heteroatoms. The Bertz CT molecular complexity index is 823. The van der Waals surface area contributed by atoms with Crippen molar-refractivity contribution in [1.29, 1.82) is 0 Å². The lowest BCUT2D eigenvalue weighted by Gasteiger charge is -2.16. The number of sulfonamides is 1. The Morgan fingerprint density at radius 1 is 1.04 bits per heavy atom.